The summed E-state index contributed by atoms with van der Waals surface area (Å²) in [6.45, 7) is 0. The number of hydrogen-bond acceptors (Lipinski definition) is 6. The van der Waals surface area contributed by atoms with E-state index < -0.39 is 0 Å². The molecule has 0 unspecified atom stereocenters. The molecule has 0 bridgehead atoms. The molecule has 2 rings (SSSR count). The van der Waals surface area contributed by atoms with Gasteiger partial charge in [-0.25, -0.2) is 0 Å². The number of nitrogens with one attached hydrogen (secondary N) is 2. The van der Waals surface area contributed by atoms with Gasteiger partial charge >= 0.3 is 16.5 Å². The minimum atomic E-state index is -0.167. The minimum Gasteiger partial charge on any atom is -0.783 e. The second-order valence-electron chi connectivity index (χ2n) is 4.84. The van der Waals surface area contributed by atoms with Crippen LogP contribution in [0.1, 0.15) is 0 Å². The van der Waals surface area contributed by atoms with Crippen molar-refractivity contribution in [2.24, 2.45) is 0 Å². The number of methoxy groups -OCH3 is 2. The van der Waals surface area contributed by atoms with E-state index in [4.69, 9.17) is 9.47 Å². The number of benzene rings is 2. The molecule has 0 aliphatic heterocycles. The Balaban J connectivity index is 0.000000483. The molecule has 0 aliphatic rings. The summed E-state index contributed by atoms with van der Waals surface area (Å²) in [5.74, 6) is 1.34. The molecule has 9 heteroatoms. The number of hydrogen-bond donors (Lipinski definition) is 2. The Morgan fingerprint density at radius 3 is 1.26 bits per heavy atom. The van der Waals surface area contributed by atoms with Gasteiger partial charge in [0.15, 0.2) is 11.8 Å². The van der Waals surface area contributed by atoms with Crippen LogP contribution in [0.15, 0.2) is 48.5 Å². The number of carbonyl (C=O) groups excluding carboxylic acids is 2. The molecule has 2 aromatic carbocycles. The Hall–Kier alpha value is -1.83. The maximum Gasteiger partial charge on any atom is 2.00 e. The van der Waals surface area contributed by atoms with Gasteiger partial charge < -0.3 is 45.4 Å². The Bertz CT molecular complexity index is 636. The Morgan fingerprint density at radius 2 is 1.04 bits per heavy atom. The van der Waals surface area contributed by atoms with Crippen LogP contribution in [0.3, 0.4) is 0 Å². The van der Waals surface area contributed by atoms with E-state index in [1.165, 1.54) is 0 Å². The van der Waals surface area contributed by atoms with E-state index in [2.05, 4.69) is 35.9 Å². The fourth-order valence-corrected chi connectivity index (χ4v) is 1.89. The molecule has 148 valence electrons. The molecular formula is C18H20N2NiO4S2. The van der Waals surface area contributed by atoms with Crippen molar-refractivity contribution in [1.82, 2.24) is 0 Å². The fraction of sp³-hybridized carbons (Fsp3) is 0.222. The molecule has 0 fully saturated rings. The predicted octanol–water partition coefficient (Wildman–Crippen LogP) is 2.36. The second-order valence-corrected chi connectivity index (χ2v) is 5.42. The summed E-state index contributed by atoms with van der Waals surface area (Å²) in [4.78, 5) is 21.8. The van der Waals surface area contributed by atoms with E-state index in [1.54, 1.807) is 62.8 Å². The number of rotatable bonds is 6. The summed E-state index contributed by atoms with van der Waals surface area (Å²) >= 11 is 9.17. The van der Waals surface area contributed by atoms with Gasteiger partial charge in [0.05, 0.1) is 14.2 Å². The maximum atomic E-state index is 10.9. The van der Waals surface area contributed by atoms with Crippen LogP contribution in [0.5, 0.6) is 11.5 Å². The molecule has 0 radical (unpaired) electrons. The van der Waals surface area contributed by atoms with E-state index in [1.807, 2.05) is 0 Å². The third-order valence-electron chi connectivity index (χ3n) is 3.01. The van der Waals surface area contributed by atoms with Gasteiger partial charge in [-0.15, -0.1) is 0 Å². The van der Waals surface area contributed by atoms with Crippen LogP contribution in [0.2, 0.25) is 0 Å². The molecule has 0 saturated heterocycles. The first-order valence-corrected chi connectivity index (χ1v) is 8.71. The van der Waals surface area contributed by atoms with Crippen molar-refractivity contribution in [2.75, 3.05) is 36.4 Å². The molecule has 0 aromatic heterocycles. The Labute approximate surface area is 180 Å². The quantitative estimate of drug-likeness (QED) is 0.519. The molecule has 0 spiro atoms. The van der Waals surface area contributed by atoms with Crippen LogP contribution in [0.25, 0.3) is 0 Å². The number of ether oxygens (including phenoxy) is 2. The molecule has 2 N–H and O–H groups in total. The molecule has 2 aromatic rings. The average Bonchev–Trinajstić information content (AvgIpc) is 2.69. The van der Waals surface area contributed by atoms with Crippen LogP contribution in [0, 0.1) is 0 Å². The zero-order chi connectivity index (χ0) is 19.4. The van der Waals surface area contributed by atoms with Crippen molar-refractivity contribution in [2.45, 2.75) is 0 Å². The number of carbonyl (C=O) groups is 2. The molecule has 6 nitrogen and oxygen atoms in total. The van der Waals surface area contributed by atoms with Gasteiger partial charge in [-0.05, 0) is 48.5 Å². The van der Waals surface area contributed by atoms with Crippen molar-refractivity contribution in [3.63, 3.8) is 0 Å². The van der Waals surface area contributed by atoms with Crippen LogP contribution in [-0.2, 0) is 51.3 Å². The van der Waals surface area contributed by atoms with E-state index in [0.29, 0.717) is 0 Å². The van der Waals surface area contributed by atoms with E-state index >= 15 is 0 Å². The van der Waals surface area contributed by atoms with E-state index in [0.717, 1.165) is 22.9 Å². The smallest absolute Gasteiger partial charge is 0.783 e. The van der Waals surface area contributed by atoms with Gasteiger partial charge in [-0.3, -0.25) is 9.59 Å². The molecule has 0 heterocycles. The molecule has 0 aliphatic carbocycles. The van der Waals surface area contributed by atoms with Crippen LogP contribution in [-0.4, -0.2) is 37.5 Å². The summed E-state index contributed by atoms with van der Waals surface area (Å²) in [6.07, 6.45) is 0. The van der Waals surface area contributed by atoms with Crippen LogP contribution in [0.4, 0.5) is 11.4 Å². The van der Waals surface area contributed by atoms with Crippen molar-refractivity contribution in [3.05, 3.63) is 48.5 Å². The SMILES string of the molecule is COc1ccc(NC(=O)C[S-])cc1.COc1ccc(NC(=O)C[S-])cc1.[Ni+2]. The fourth-order valence-electron chi connectivity index (χ4n) is 1.74. The van der Waals surface area contributed by atoms with Crippen molar-refractivity contribution < 1.29 is 35.6 Å². The third kappa shape index (κ3) is 10.2. The van der Waals surface area contributed by atoms with E-state index in [-0.39, 0.29) is 39.8 Å². The molecule has 27 heavy (non-hydrogen) atoms. The first-order valence-electron chi connectivity index (χ1n) is 7.56. The van der Waals surface area contributed by atoms with Crippen molar-refractivity contribution in [1.29, 1.82) is 0 Å². The predicted molar refractivity (Wildman–Crippen MR) is 108 cm³/mol. The first-order chi connectivity index (χ1) is 12.5. The van der Waals surface area contributed by atoms with Crippen molar-refractivity contribution in [3.8, 4) is 11.5 Å². The van der Waals surface area contributed by atoms with E-state index in [9.17, 15) is 9.59 Å². The Morgan fingerprint density at radius 1 is 0.741 bits per heavy atom. The monoisotopic (exact) mass is 450 g/mol. The molecule has 0 saturated carbocycles. The van der Waals surface area contributed by atoms with Crippen LogP contribution < -0.4 is 20.1 Å². The number of amides is 2. The summed E-state index contributed by atoms with van der Waals surface area (Å²) in [6, 6.07) is 14.2. The normalized spacial score (nSPS) is 9.04. The van der Waals surface area contributed by atoms with Gasteiger partial charge in [0.25, 0.3) is 0 Å². The second kappa shape index (κ2) is 14.3. The summed E-state index contributed by atoms with van der Waals surface area (Å²) in [7, 11) is 3.19. The minimum absolute atomic E-state index is 0. The van der Waals surface area contributed by atoms with Gasteiger partial charge in [0.1, 0.15) is 11.5 Å². The number of anilines is 2. The first kappa shape index (κ1) is 25.2. The third-order valence-corrected chi connectivity index (χ3v) is 3.53. The zero-order valence-electron chi connectivity index (χ0n) is 14.8. The zero-order valence-corrected chi connectivity index (χ0v) is 17.4. The molecule has 2 amide bonds. The van der Waals surface area contributed by atoms with Gasteiger partial charge in [0, 0.05) is 11.4 Å². The van der Waals surface area contributed by atoms with Crippen molar-refractivity contribution >= 4 is 48.4 Å². The average molecular weight is 451 g/mol. The summed E-state index contributed by atoms with van der Waals surface area (Å²) < 4.78 is 9.93. The van der Waals surface area contributed by atoms with Gasteiger partial charge in [-0.1, -0.05) is 11.5 Å². The Kier molecular flexibility index (Phi) is 13.3. The maximum absolute atomic E-state index is 10.9. The van der Waals surface area contributed by atoms with Gasteiger partial charge in [-0.2, -0.15) is 0 Å². The molecule has 0 atom stereocenters. The van der Waals surface area contributed by atoms with Gasteiger partial charge in [0.2, 0.25) is 0 Å². The topological polar surface area (TPSA) is 76.7 Å². The molecular weight excluding hydrogens is 431 g/mol. The largest absolute Gasteiger partial charge is 2.00 e. The van der Waals surface area contributed by atoms with Crippen LogP contribution >= 0.6 is 0 Å². The summed E-state index contributed by atoms with van der Waals surface area (Å²) in [5.41, 5.74) is 1.46. The summed E-state index contributed by atoms with van der Waals surface area (Å²) in [5, 5.41) is 5.29. The standard InChI is InChI=1S/2C9H11NO2S.Ni/c2*1-12-8-4-2-7(3-5-8)10-9(11)6-13;/h2*2-5,13H,6H2,1H3,(H,10,11);/q;;+2/p-2.